The first-order chi connectivity index (χ1) is 12.1. The second-order valence-corrected chi connectivity index (χ2v) is 7.00. The Morgan fingerprint density at radius 1 is 1.16 bits per heavy atom. The van der Waals surface area contributed by atoms with Crippen molar-refractivity contribution in [2.45, 2.75) is 64.6 Å². The van der Waals surface area contributed by atoms with Gasteiger partial charge in [-0.15, -0.1) is 6.58 Å². The molecule has 0 spiro atoms. The van der Waals surface area contributed by atoms with Crippen molar-refractivity contribution in [3.05, 3.63) is 54.1 Å². The summed E-state index contributed by atoms with van der Waals surface area (Å²) in [6.07, 6.45) is 8.47. The van der Waals surface area contributed by atoms with Gasteiger partial charge in [-0.05, 0) is 55.6 Å². The second-order valence-electron chi connectivity index (χ2n) is 7.00. The van der Waals surface area contributed by atoms with Gasteiger partial charge in [-0.2, -0.15) is 0 Å². The van der Waals surface area contributed by atoms with Gasteiger partial charge >= 0.3 is 0 Å². The van der Waals surface area contributed by atoms with Crippen LogP contribution in [0, 0.1) is 11.8 Å². The van der Waals surface area contributed by atoms with Crippen LogP contribution in [0.1, 0.15) is 56.6 Å². The molecule has 0 aromatic heterocycles. The number of hydrogen-bond acceptors (Lipinski definition) is 1. The van der Waals surface area contributed by atoms with Gasteiger partial charge in [0.05, 0.1) is 6.61 Å². The molecule has 1 aromatic rings. The molecule has 138 valence electrons. The molecule has 1 saturated carbocycles. The highest BCUT2D eigenvalue weighted by atomic mass is 19.3. The smallest absolute Gasteiger partial charge is 0.264 e. The summed E-state index contributed by atoms with van der Waals surface area (Å²) in [5.41, 5.74) is 2.05. The number of alkyl halides is 2. The van der Waals surface area contributed by atoms with E-state index in [9.17, 15) is 8.78 Å². The first-order valence-electron chi connectivity index (χ1n) is 9.36. The van der Waals surface area contributed by atoms with E-state index in [0.29, 0.717) is 5.92 Å². The minimum atomic E-state index is -2.42. The van der Waals surface area contributed by atoms with E-state index in [1.807, 2.05) is 49.4 Å². The Balaban J connectivity index is 1.85. The van der Waals surface area contributed by atoms with Gasteiger partial charge in [-0.3, -0.25) is 0 Å². The molecule has 3 heteroatoms. The van der Waals surface area contributed by atoms with Crippen molar-refractivity contribution in [3.63, 3.8) is 0 Å². The SMILES string of the molecule is C=CCCC1CCC(C(OCc2ccc(C=CC)cc2)C(F)F)CC1. The van der Waals surface area contributed by atoms with Crippen LogP contribution in [0.3, 0.4) is 0 Å². The summed E-state index contributed by atoms with van der Waals surface area (Å²) in [4.78, 5) is 0. The van der Waals surface area contributed by atoms with Crippen molar-refractivity contribution < 1.29 is 13.5 Å². The molecular weight excluding hydrogens is 318 g/mol. The van der Waals surface area contributed by atoms with Crippen molar-refractivity contribution in [2.24, 2.45) is 11.8 Å². The van der Waals surface area contributed by atoms with Crippen LogP contribution in [0.15, 0.2) is 43.0 Å². The Labute approximate surface area is 150 Å². The zero-order chi connectivity index (χ0) is 18.1. The monoisotopic (exact) mass is 348 g/mol. The van der Waals surface area contributed by atoms with Crippen molar-refractivity contribution >= 4 is 6.08 Å². The lowest BCUT2D eigenvalue weighted by Crippen LogP contribution is -2.34. The minimum absolute atomic E-state index is 0.0257. The number of benzene rings is 1. The van der Waals surface area contributed by atoms with Crippen molar-refractivity contribution in [1.29, 1.82) is 0 Å². The molecule has 0 N–H and O–H groups in total. The van der Waals surface area contributed by atoms with Crippen LogP contribution in [0.5, 0.6) is 0 Å². The van der Waals surface area contributed by atoms with E-state index in [-0.39, 0.29) is 12.5 Å². The maximum Gasteiger partial charge on any atom is 0.264 e. The molecule has 1 aliphatic carbocycles. The van der Waals surface area contributed by atoms with Gasteiger partial charge in [0.2, 0.25) is 0 Å². The standard InChI is InChI=1S/C22H30F2O/c1-3-5-7-18-12-14-20(15-13-18)21(22(23)24)25-16-19-10-8-17(6-4-2)9-11-19/h3-4,6,8-11,18,20-22H,1,5,7,12-16H2,2H3. The fourth-order valence-electron chi connectivity index (χ4n) is 3.68. The van der Waals surface area contributed by atoms with Crippen LogP contribution in [-0.2, 0) is 11.3 Å². The van der Waals surface area contributed by atoms with Crippen LogP contribution in [0.4, 0.5) is 8.78 Å². The zero-order valence-electron chi connectivity index (χ0n) is 15.2. The molecule has 0 saturated heterocycles. The molecule has 0 heterocycles. The zero-order valence-corrected chi connectivity index (χ0v) is 15.2. The molecule has 1 aliphatic rings. The number of allylic oxidation sites excluding steroid dienone is 2. The molecule has 25 heavy (non-hydrogen) atoms. The molecule has 0 radical (unpaired) electrons. The number of ether oxygens (including phenoxy) is 1. The van der Waals surface area contributed by atoms with Gasteiger partial charge in [0.15, 0.2) is 0 Å². The highest BCUT2D eigenvalue weighted by Crippen LogP contribution is 2.36. The van der Waals surface area contributed by atoms with Crippen LogP contribution in [-0.4, -0.2) is 12.5 Å². The Morgan fingerprint density at radius 3 is 2.40 bits per heavy atom. The fraction of sp³-hybridized carbons (Fsp3) is 0.545. The van der Waals surface area contributed by atoms with Crippen LogP contribution >= 0.6 is 0 Å². The lowest BCUT2D eigenvalue weighted by Gasteiger charge is -2.33. The van der Waals surface area contributed by atoms with Crippen molar-refractivity contribution in [3.8, 4) is 0 Å². The van der Waals surface area contributed by atoms with E-state index in [4.69, 9.17) is 4.74 Å². The maximum atomic E-state index is 13.5. The Morgan fingerprint density at radius 2 is 1.84 bits per heavy atom. The summed E-state index contributed by atoms with van der Waals surface area (Å²) in [5, 5.41) is 0. The average molecular weight is 348 g/mol. The van der Waals surface area contributed by atoms with Crippen LogP contribution < -0.4 is 0 Å². The lowest BCUT2D eigenvalue weighted by molar-refractivity contribution is -0.102. The molecule has 1 unspecified atom stereocenters. The van der Waals surface area contributed by atoms with Crippen LogP contribution in [0.25, 0.3) is 6.08 Å². The van der Waals surface area contributed by atoms with Crippen molar-refractivity contribution in [2.75, 3.05) is 0 Å². The number of halogens is 2. The van der Waals surface area contributed by atoms with Crippen molar-refractivity contribution in [1.82, 2.24) is 0 Å². The second kappa shape index (κ2) is 10.5. The highest BCUT2D eigenvalue weighted by molar-refractivity contribution is 5.49. The summed E-state index contributed by atoms with van der Waals surface area (Å²) in [6.45, 7) is 5.98. The van der Waals surface area contributed by atoms with Gasteiger partial charge in [0.25, 0.3) is 6.43 Å². The molecule has 1 nitrogen and oxygen atoms in total. The minimum Gasteiger partial charge on any atom is -0.367 e. The summed E-state index contributed by atoms with van der Waals surface area (Å²) in [6, 6.07) is 7.87. The first kappa shape index (κ1) is 19.8. The summed E-state index contributed by atoms with van der Waals surface area (Å²) in [5.74, 6) is 0.633. The van der Waals surface area contributed by atoms with E-state index >= 15 is 0 Å². The van der Waals surface area contributed by atoms with Gasteiger partial charge in [0, 0.05) is 0 Å². The third-order valence-electron chi connectivity index (χ3n) is 5.16. The molecule has 0 amide bonds. The van der Waals surface area contributed by atoms with Gasteiger partial charge in [-0.1, -0.05) is 55.3 Å². The van der Waals surface area contributed by atoms with E-state index in [1.165, 1.54) is 0 Å². The summed E-state index contributed by atoms with van der Waals surface area (Å²) < 4.78 is 32.7. The number of hydrogen-bond donors (Lipinski definition) is 0. The predicted octanol–water partition coefficient (Wildman–Crippen LogP) is 6.64. The van der Waals surface area contributed by atoms with Gasteiger partial charge in [-0.25, -0.2) is 8.78 Å². The van der Waals surface area contributed by atoms with E-state index in [0.717, 1.165) is 49.7 Å². The van der Waals surface area contributed by atoms with Crippen LogP contribution in [0.2, 0.25) is 0 Å². The molecule has 0 aliphatic heterocycles. The molecule has 1 aromatic carbocycles. The molecular formula is C22H30F2O. The van der Waals surface area contributed by atoms with E-state index in [1.54, 1.807) is 0 Å². The highest BCUT2D eigenvalue weighted by Gasteiger charge is 2.33. The summed E-state index contributed by atoms with van der Waals surface area (Å²) in [7, 11) is 0. The number of rotatable bonds is 9. The normalized spacial score (nSPS) is 22.4. The largest absolute Gasteiger partial charge is 0.367 e. The van der Waals surface area contributed by atoms with Gasteiger partial charge in [0.1, 0.15) is 6.10 Å². The third kappa shape index (κ3) is 6.39. The maximum absolute atomic E-state index is 13.5. The topological polar surface area (TPSA) is 9.23 Å². The fourth-order valence-corrected chi connectivity index (χ4v) is 3.68. The summed E-state index contributed by atoms with van der Waals surface area (Å²) >= 11 is 0. The third-order valence-corrected chi connectivity index (χ3v) is 5.16. The molecule has 1 fully saturated rings. The van der Waals surface area contributed by atoms with E-state index < -0.39 is 12.5 Å². The molecule has 0 bridgehead atoms. The quantitative estimate of drug-likeness (QED) is 0.454. The lowest BCUT2D eigenvalue weighted by atomic mass is 9.77. The Kier molecular flexibility index (Phi) is 8.33. The predicted molar refractivity (Wildman–Crippen MR) is 101 cm³/mol. The first-order valence-corrected chi connectivity index (χ1v) is 9.36. The van der Waals surface area contributed by atoms with E-state index in [2.05, 4.69) is 6.58 Å². The molecule has 1 atom stereocenters. The average Bonchev–Trinajstić information content (AvgIpc) is 2.62. The van der Waals surface area contributed by atoms with Gasteiger partial charge < -0.3 is 4.74 Å². The molecule has 2 rings (SSSR count). The Hall–Kier alpha value is -1.48. The Bertz CT molecular complexity index is 527.